The number of nitrogens with one attached hydrogen (secondary N) is 1. The molecule has 17 heavy (non-hydrogen) atoms. The van der Waals surface area contributed by atoms with Crippen molar-refractivity contribution in [2.24, 2.45) is 0 Å². The van der Waals surface area contributed by atoms with Crippen LogP contribution < -0.4 is 4.74 Å². The molecular formula is C12H14N2O2S. The molecular weight excluding hydrogens is 236 g/mol. The van der Waals surface area contributed by atoms with Gasteiger partial charge in [-0.05, 0) is 18.3 Å². The van der Waals surface area contributed by atoms with E-state index in [9.17, 15) is 5.11 Å². The number of aliphatic hydroxyl groups excluding tert-OH is 1. The van der Waals surface area contributed by atoms with E-state index in [-0.39, 0.29) is 6.61 Å². The Bertz CT molecular complexity index is 560. The van der Waals surface area contributed by atoms with Crippen LogP contribution in [0, 0.1) is 4.77 Å². The van der Waals surface area contributed by atoms with Crippen LogP contribution in [0.5, 0.6) is 5.75 Å². The van der Waals surface area contributed by atoms with Gasteiger partial charge in [0.25, 0.3) is 0 Å². The third kappa shape index (κ3) is 2.40. The van der Waals surface area contributed by atoms with E-state index in [2.05, 4.69) is 4.98 Å². The highest BCUT2D eigenvalue weighted by Gasteiger charge is 2.07. The van der Waals surface area contributed by atoms with Crippen LogP contribution in [0.25, 0.3) is 0 Å². The van der Waals surface area contributed by atoms with Crippen LogP contribution in [0.3, 0.4) is 0 Å². The first kappa shape index (κ1) is 11.9. The van der Waals surface area contributed by atoms with Gasteiger partial charge in [-0.15, -0.1) is 0 Å². The van der Waals surface area contributed by atoms with Crippen molar-refractivity contribution < 1.29 is 9.84 Å². The average Bonchev–Trinajstić information content (AvgIpc) is 2.71. The van der Waals surface area contributed by atoms with E-state index >= 15 is 0 Å². The van der Waals surface area contributed by atoms with Crippen LogP contribution in [0.4, 0.5) is 0 Å². The van der Waals surface area contributed by atoms with Crippen molar-refractivity contribution >= 4 is 12.2 Å². The SMILES string of the molecule is COc1ccccc1Cn1c(CO)c[nH]c1=S. The van der Waals surface area contributed by atoms with E-state index in [1.165, 1.54) is 0 Å². The molecule has 2 rings (SSSR count). The largest absolute Gasteiger partial charge is 0.496 e. The maximum absolute atomic E-state index is 9.22. The highest BCUT2D eigenvalue weighted by Crippen LogP contribution is 2.19. The number of aromatic amines is 1. The molecule has 0 radical (unpaired) electrons. The molecule has 0 atom stereocenters. The van der Waals surface area contributed by atoms with Crippen molar-refractivity contribution in [3.05, 3.63) is 46.5 Å². The Hall–Kier alpha value is -1.59. The number of H-pyrrole nitrogens is 1. The minimum Gasteiger partial charge on any atom is -0.496 e. The molecule has 0 bridgehead atoms. The molecule has 0 aliphatic carbocycles. The van der Waals surface area contributed by atoms with Gasteiger partial charge >= 0.3 is 0 Å². The van der Waals surface area contributed by atoms with E-state index in [1.54, 1.807) is 13.3 Å². The molecule has 4 nitrogen and oxygen atoms in total. The van der Waals surface area contributed by atoms with Gasteiger partial charge in [-0.1, -0.05) is 18.2 Å². The maximum Gasteiger partial charge on any atom is 0.177 e. The Morgan fingerprint density at radius 2 is 2.18 bits per heavy atom. The summed E-state index contributed by atoms with van der Waals surface area (Å²) < 4.78 is 7.74. The van der Waals surface area contributed by atoms with Gasteiger partial charge in [0.2, 0.25) is 0 Å². The second-order valence-corrected chi connectivity index (χ2v) is 4.03. The fourth-order valence-electron chi connectivity index (χ4n) is 1.74. The number of nitrogens with zero attached hydrogens (tertiary/aromatic N) is 1. The van der Waals surface area contributed by atoms with Crippen molar-refractivity contribution in [3.63, 3.8) is 0 Å². The van der Waals surface area contributed by atoms with Crippen LogP contribution in [0.1, 0.15) is 11.3 Å². The van der Waals surface area contributed by atoms with Gasteiger partial charge in [-0.25, -0.2) is 0 Å². The van der Waals surface area contributed by atoms with Crippen LogP contribution in [0.2, 0.25) is 0 Å². The quantitative estimate of drug-likeness (QED) is 0.817. The van der Waals surface area contributed by atoms with Crippen LogP contribution in [-0.2, 0) is 13.2 Å². The summed E-state index contributed by atoms with van der Waals surface area (Å²) in [4.78, 5) is 2.92. The van der Waals surface area contributed by atoms with Crippen LogP contribution in [-0.4, -0.2) is 21.8 Å². The summed E-state index contributed by atoms with van der Waals surface area (Å²) in [5, 5.41) is 9.22. The highest BCUT2D eigenvalue weighted by atomic mass is 32.1. The monoisotopic (exact) mass is 250 g/mol. The molecule has 0 saturated carbocycles. The lowest BCUT2D eigenvalue weighted by Crippen LogP contribution is -2.05. The topological polar surface area (TPSA) is 50.2 Å². The molecule has 1 aromatic carbocycles. The molecule has 0 unspecified atom stereocenters. The van der Waals surface area contributed by atoms with Crippen LogP contribution >= 0.6 is 12.2 Å². The molecule has 0 spiro atoms. The maximum atomic E-state index is 9.22. The smallest absolute Gasteiger partial charge is 0.177 e. The van der Waals surface area contributed by atoms with Crippen molar-refractivity contribution in [2.45, 2.75) is 13.2 Å². The van der Waals surface area contributed by atoms with Gasteiger partial charge < -0.3 is 19.4 Å². The zero-order valence-corrected chi connectivity index (χ0v) is 10.3. The second-order valence-electron chi connectivity index (χ2n) is 3.64. The lowest BCUT2D eigenvalue weighted by atomic mass is 10.2. The predicted molar refractivity (Wildman–Crippen MR) is 67.6 cm³/mol. The number of methoxy groups -OCH3 is 1. The Labute approximate surface area is 104 Å². The molecule has 0 amide bonds. The fraction of sp³-hybridized carbons (Fsp3) is 0.250. The lowest BCUT2D eigenvalue weighted by molar-refractivity contribution is 0.271. The van der Waals surface area contributed by atoms with E-state index in [0.717, 1.165) is 17.0 Å². The number of benzene rings is 1. The van der Waals surface area contributed by atoms with E-state index < -0.39 is 0 Å². The molecule has 0 saturated heterocycles. The average molecular weight is 250 g/mol. The van der Waals surface area contributed by atoms with Crippen LogP contribution in [0.15, 0.2) is 30.5 Å². The summed E-state index contributed by atoms with van der Waals surface area (Å²) >= 11 is 5.17. The zero-order valence-electron chi connectivity index (χ0n) is 9.51. The summed E-state index contributed by atoms with van der Waals surface area (Å²) in [6.45, 7) is 0.546. The second kappa shape index (κ2) is 5.16. The number of aliphatic hydroxyl groups is 1. The minimum atomic E-state index is -0.0394. The number of ether oxygens (including phenoxy) is 1. The third-order valence-corrected chi connectivity index (χ3v) is 2.98. The summed E-state index contributed by atoms with van der Waals surface area (Å²) in [6.07, 6.45) is 1.72. The molecule has 1 aromatic heterocycles. The molecule has 1 heterocycles. The number of para-hydroxylation sites is 1. The van der Waals surface area contributed by atoms with Gasteiger partial charge in [-0.3, -0.25) is 0 Å². The van der Waals surface area contributed by atoms with Crippen molar-refractivity contribution in [1.82, 2.24) is 9.55 Å². The summed E-state index contributed by atoms with van der Waals surface area (Å²) in [5.41, 5.74) is 1.79. The molecule has 0 fully saturated rings. The van der Waals surface area contributed by atoms with Crippen molar-refractivity contribution in [2.75, 3.05) is 7.11 Å². The Kier molecular flexibility index (Phi) is 3.61. The third-order valence-electron chi connectivity index (χ3n) is 2.64. The molecule has 5 heteroatoms. The Balaban J connectivity index is 2.37. The summed E-state index contributed by atoms with van der Waals surface area (Å²) in [5.74, 6) is 0.819. The van der Waals surface area contributed by atoms with Gasteiger partial charge in [0, 0.05) is 11.8 Å². The van der Waals surface area contributed by atoms with Crippen molar-refractivity contribution in [1.29, 1.82) is 0 Å². The molecule has 90 valence electrons. The standard InChI is InChI=1S/C12H14N2O2S/c1-16-11-5-3-2-4-9(11)7-14-10(8-15)6-13-12(14)17/h2-6,15H,7-8H2,1H3,(H,13,17). The fourth-order valence-corrected chi connectivity index (χ4v) is 1.98. The van der Waals surface area contributed by atoms with E-state index in [4.69, 9.17) is 17.0 Å². The minimum absolute atomic E-state index is 0.0394. The first-order valence-corrected chi connectivity index (χ1v) is 5.67. The van der Waals surface area contributed by atoms with Crippen molar-refractivity contribution in [3.8, 4) is 5.75 Å². The number of hydrogen-bond donors (Lipinski definition) is 2. The Morgan fingerprint density at radius 1 is 1.41 bits per heavy atom. The number of imidazole rings is 1. The van der Waals surface area contributed by atoms with Gasteiger partial charge in [-0.2, -0.15) is 0 Å². The van der Waals surface area contributed by atoms with Gasteiger partial charge in [0.1, 0.15) is 5.75 Å². The predicted octanol–water partition coefficient (Wildman–Crippen LogP) is 2.09. The molecule has 2 aromatic rings. The van der Waals surface area contributed by atoms with E-state index in [0.29, 0.717) is 11.3 Å². The molecule has 2 N–H and O–H groups in total. The lowest BCUT2D eigenvalue weighted by Gasteiger charge is -2.10. The summed E-state index contributed by atoms with van der Waals surface area (Å²) in [7, 11) is 1.64. The first-order valence-electron chi connectivity index (χ1n) is 5.26. The van der Waals surface area contributed by atoms with E-state index in [1.807, 2.05) is 28.8 Å². The van der Waals surface area contributed by atoms with Gasteiger partial charge in [0.15, 0.2) is 4.77 Å². The van der Waals surface area contributed by atoms with Gasteiger partial charge in [0.05, 0.1) is 26.0 Å². The zero-order chi connectivity index (χ0) is 12.3. The normalized spacial score (nSPS) is 10.5. The molecule has 0 aliphatic rings. The molecule has 0 aliphatic heterocycles. The number of hydrogen-bond acceptors (Lipinski definition) is 3. The number of rotatable bonds is 4. The summed E-state index contributed by atoms with van der Waals surface area (Å²) in [6, 6.07) is 7.76. The first-order chi connectivity index (χ1) is 8.26. The Morgan fingerprint density at radius 3 is 2.88 bits per heavy atom. The highest BCUT2D eigenvalue weighted by molar-refractivity contribution is 7.71. The number of aromatic nitrogens is 2.